The second-order valence-electron chi connectivity index (χ2n) is 4.39. The molecule has 0 aromatic heterocycles. The van der Waals surface area contributed by atoms with Crippen LogP contribution in [0.25, 0.3) is 0 Å². The van der Waals surface area contributed by atoms with Crippen LogP contribution in [0.2, 0.25) is 0 Å². The molecule has 0 amide bonds. The smallest absolute Gasteiger partial charge is 0.120 e. The Labute approximate surface area is 100.0 Å². The summed E-state index contributed by atoms with van der Waals surface area (Å²) in [5.41, 5.74) is 2.89. The summed E-state index contributed by atoms with van der Waals surface area (Å²) in [5, 5.41) is 0. The maximum absolute atomic E-state index is 5.71. The molecule has 1 atom stereocenters. The Bertz CT molecular complexity index is 346. The minimum absolute atomic E-state index is 0.250. The van der Waals surface area contributed by atoms with Crippen molar-refractivity contribution in [3.05, 3.63) is 29.3 Å². The Hall–Kier alpha value is -0.500. The third kappa shape index (κ3) is 2.54. The first-order valence-corrected chi connectivity index (χ1v) is 6.52. The highest BCUT2D eigenvalue weighted by molar-refractivity contribution is 9.09. The molecule has 0 fully saturated rings. The van der Waals surface area contributed by atoms with E-state index in [0.717, 1.165) is 5.75 Å². The van der Waals surface area contributed by atoms with Gasteiger partial charge in [-0.1, -0.05) is 22.0 Å². The van der Waals surface area contributed by atoms with E-state index in [9.17, 15) is 0 Å². The molecule has 1 nitrogen and oxygen atoms in total. The van der Waals surface area contributed by atoms with Gasteiger partial charge < -0.3 is 4.74 Å². The summed E-state index contributed by atoms with van der Waals surface area (Å²) in [6.07, 6.45) is 3.98. The zero-order chi connectivity index (χ0) is 10.8. The predicted octanol–water partition coefficient (Wildman–Crippen LogP) is 4.25. The Balaban J connectivity index is 2.27. The number of aryl methyl sites for hydroxylation is 1. The van der Waals surface area contributed by atoms with Gasteiger partial charge in [-0.2, -0.15) is 0 Å². The molecular formula is C13H17BrO. The van der Waals surface area contributed by atoms with Gasteiger partial charge in [0.25, 0.3) is 0 Å². The van der Waals surface area contributed by atoms with Gasteiger partial charge in [0.2, 0.25) is 0 Å². The fraction of sp³-hybridized carbons (Fsp3) is 0.538. The van der Waals surface area contributed by atoms with E-state index >= 15 is 0 Å². The van der Waals surface area contributed by atoms with E-state index in [4.69, 9.17) is 4.74 Å². The molecule has 82 valence electrons. The van der Waals surface area contributed by atoms with Crippen LogP contribution < -0.4 is 4.74 Å². The third-order valence-corrected chi connectivity index (χ3v) is 3.68. The van der Waals surface area contributed by atoms with E-state index in [-0.39, 0.29) is 6.10 Å². The highest BCUT2D eigenvalue weighted by Crippen LogP contribution is 2.37. The van der Waals surface area contributed by atoms with Crippen LogP contribution in [0.15, 0.2) is 18.2 Å². The number of fused-ring (bicyclic) bond motifs is 1. The number of halogens is 1. The predicted molar refractivity (Wildman–Crippen MR) is 66.8 cm³/mol. The van der Waals surface area contributed by atoms with Crippen molar-refractivity contribution >= 4 is 15.9 Å². The zero-order valence-corrected chi connectivity index (χ0v) is 10.9. The fourth-order valence-electron chi connectivity index (χ4n) is 2.06. The van der Waals surface area contributed by atoms with Crippen molar-refractivity contribution in [1.29, 1.82) is 0 Å². The Morgan fingerprint density at radius 1 is 1.40 bits per heavy atom. The first kappa shape index (κ1) is 11.0. The molecule has 2 rings (SSSR count). The number of rotatable bonds is 2. The summed E-state index contributed by atoms with van der Waals surface area (Å²) in [7, 11) is 0. The van der Waals surface area contributed by atoms with Crippen molar-refractivity contribution < 1.29 is 4.74 Å². The molecule has 2 heteroatoms. The number of benzene rings is 1. The van der Waals surface area contributed by atoms with Gasteiger partial charge in [-0.05, 0) is 56.4 Å². The molecule has 0 radical (unpaired) electrons. The highest BCUT2D eigenvalue weighted by atomic mass is 79.9. The summed E-state index contributed by atoms with van der Waals surface area (Å²) in [4.78, 5) is 0.511. The van der Waals surface area contributed by atoms with Crippen molar-refractivity contribution in [3.8, 4) is 5.75 Å². The van der Waals surface area contributed by atoms with Gasteiger partial charge in [-0.15, -0.1) is 0 Å². The Morgan fingerprint density at radius 2 is 2.20 bits per heavy atom. The molecule has 0 saturated carbocycles. The summed E-state index contributed by atoms with van der Waals surface area (Å²) in [6, 6.07) is 6.48. The average Bonchev–Trinajstić information content (AvgIpc) is 2.18. The van der Waals surface area contributed by atoms with Crippen LogP contribution in [0.1, 0.15) is 42.6 Å². The first-order valence-electron chi connectivity index (χ1n) is 5.60. The molecule has 1 aromatic carbocycles. The van der Waals surface area contributed by atoms with Gasteiger partial charge >= 0.3 is 0 Å². The first-order chi connectivity index (χ1) is 7.16. The van der Waals surface area contributed by atoms with E-state index in [2.05, 4.69) is 48.0 Å². The summed E-state index contributed by atoms with van der Waals surface area (Å²) in [6.45, 7) is 4.12. The maximum atomic E-state index is 5.71. The number of alkyl halides is 1. The molecular weight excluding hydrogens is 252 g/mol. The average molecular weight is 269 g/mol. The van der Waals surface area contributed by atoms with Gasteiger partial charge in [-0.25, -0.2) is 0 Å². The zero-order valence-electron chi connectivity index (χ0n) is 9.29. The lowest BCUT2D eigenvalue weighted by Crippen LogP contribution is -2.08. The van der Waals surface area contributed by atoms with Crippen molar-refractivity contribution in [3.63, 3.8) is 0 Å². The quantitative estimate of drug-likeness (QED) is 0.729. The van der Waals surface area contributed by atoms with Gasteiger partial charge in [0.15, 0.2) is 0 Å². The minimum atomic E-state index is 0.250. The topological polar surface area (TPSA) is 9.23 Å². The number of ether oxygens (including phenoxy) is 1. The number of hydrogen-bond acceptors (Lipinski definition) is 1. The third-order valence-electron chi connectivity index (χ3n) is 2.73. The molecule has 15 heavy (non-hydrogen) atoms. The number of hydrogen-bond donors (Lipinski definition) is 0. The lowest BCUT2D eigenvalue weighted by molar-refractivity contribution is 0.242. The van der Waals surface area contributed by atoms with Crippen molar-refractivity contribution in [1.82, 2.24) is 0 Å². The lowest BCUT2D eigenvalue weighted by atomic mass is 9.91. The molecule has 1 aliphatic carbocycles. The van der Waals surface area contributed by atoms with Crippen molar-refractivity contribution in [2.45, 2.75) is 44.0 Å². The van der Waals surface area contributed by atoms with E-state index in [1.54, 1.807) is 0 Å². The summed E-state index contributed by atoms with van der Waals surface area (Å²) < 4.78 is 5.71. The minimum Gasteiger partial charge on any atom is -0.491 e. The standard InChI is InChI=1S/C13H17BrO/c1-9(2)15-11-7-6-10-4-3-5-13(14)12(10)8-11/h6-9,13H,3-5H2,1-2H3. The van der Waals surface area contributed by atoms with E-state index in [0.29, 0.717) is 4.83 Å². The van der Waals surface area contributed by atoms with Gasteiger partial charge in [-0.3, -0.25) is 0 Å². The Kier molecular flexibility index (Phi) is 3.35. The molecule has 1 unspecified atom stereocenters. The van der Waals surface area contributed by atoms with Crippen LogP contribution in [0, 0.1) is 0 Å². The molecule has 1 aliphatic rings. The normalized spacial score (nSPS) is 20.1. The highest BCUT2D eigenvalue weighted by Gasteiger charge is 2.18. The summed E-state index contributed by atoms with van der Waals surface area (Å²) >= 11 is 3.73. The van der Waals surface area contributed by atoms with Crippen LogP contribution in [0.3, 0.4) is 0 Å². The molecule has 0 spiro atoms. The SMILES string of the molecule is CC(C)Oc1ccc2c(c1)C(Br)CCC2. The fourth-order valence-corrected chi connectivity index (χ4v) is 2.81. The molecule has 0 aliphatic heterocycles. The Morgan fingerprint density at radius 3 is 2.93 bits per heavy atom. The molecule has 0 bridgehead atoms. The van der Waals surface area contributed by atoms with Crippen LogP contribution in [-0.4, -0.2) is 6.10 Å². The van der Waals surface area contributed by atoms with Crippen LogP contribution in [0.4, 0.5) is 0 Å². The van der Waals surface area contributed by atoms with Crippen molar-refractivity contribution in [2.75, 3.05) is 0 Å². The lowest BCUT2D eigenvalue weighted by Gasteiger charge is -2.22. The van der Waals surface area contributed by atoms with E-state index in [1.165, 1.54) is 30.4 Å². The van der Waals surface area contributed by atoms with Crippen LogP contribution in [-0.2, 0) is 6.42 Å². The molecule has 0 saturated heterocycles. The van der Waals surface area contributed by atoms with E-state index < -0.39 is 0 Å². The molecule has 0 N–H and O–H groups in total. The van der Waals surface area contributed by atoms with Gasteiger partial charge in [0, 0.05) is 4.83 Å². The van der Waals surface area contributed by atoms with Crippen LogP contribution in [0.5, 0.6) is 5.75 Å². The van der Waals surface area contributed by atoms with Gasteiger partial charge in [0.05, 0.1) is 6.10 Å². The molecule has 1 aromatic rings. The molecule has 0 heterocycles. The van der Waals surface area contributed by atoms with Gasteiger partial charge in [0.1, 0.15) is 5.75 Å². The summed E-state index contributed by atoms with van der Waals surface area (Å²) in [5.74, 6) is 0.995. The van der Waals surface area contributed by atoms with Crippen LogP contribution >= 0.6 is 15.9 Å². The monoisotopic (exact) mass is 268 g/mol. The second kappa shape index (κ2) is 4.56. The van der Waals surface area contributed by atoms with Crippen molar-refractivity contribution in [2.24, 2.45) is 0 Å². The van der Waals surface area contributed by atoms with E-state index in [1.807, 2.05) is 0 Å². The second-order valence-corrected chi connectivity index (χ2v) is 5.49. The maximum Gasteiger partial charge on any atom is 0.120 e. The largest absolute Gasteiger partial charge is 0.491 e.